The van der Waals surface area contributed by atoms with E-state index in [0.29, 0.717) is 5.75 Å². The zero-order chi connectivity index (χ0) is 13.7. The first kappa shape index (κ1) is 11.5. The van der Waals surface area contributed by atoms with E-state index in [1.54, 1.807) is 0 Å². The topological polar surface area (TPSA) is 49.7 Å². The highest BCUT2D eigenvalue weighted by Gasteiger charge is 2.17. The molecule has 96 valence electrons. The van der Waals surface area contributed by atoms with E-state index in [0.717, 1.165) is 21.5 Å². The van der Waals surface area contributed by atoms with Gasteiger partial charge in [0.05, 0.1) is 0 Å². The second-order valence-electron chi connectivity index (χ2n) is 4.87. The first-order valence-electron chi connectivity index (χ1n) is 6.43. The van der Waals surface area contributed by atoms with Crippen LogP contribution >= 0.6 is 0 Å². The molecule has 0 aliphatic heterocycles. The number of benzene rings is 4. The average Bonchev–Trinajstić information content (AvgIpc) is 2.45. The molecule has 0 saturated heterocycles. The molecule has 0 amide bonds. The molecular formula is C16H11BO3. The Hall–Kier alpha value is -2.30. The second-order valence-corrected chi connectivity index (χ2v) is 4.87. The second kappa shape index (κ2) is 4.10. The van der Waals surface area contributed by atoms with Gasteiger partial charge in [-0.3, -0.25) is 0 Å². The van der Waals surface area contributed by atoms with Crippen LogP contribution in [0.4, 0.5) is 0 Å². The molecular weight excluding hydrogens is 251 g/mol. The summed E-state index contributed by atoms with van der Waals surface area (Å²) in [6, 6.07) is 18.0. The van der Waals surface area contributed by atoms with Crippen LogP contribution < -0.4 is 4.65 Å². The smallest absolute Gasteiger partial charge is 0.511 e. The van der Waals surface area contributed by atoms with Gasteiger partial charge in [0.15, 0.2) is 0 Å². The van der Waals surface area contributed by atoms with Gasteiger partial charge >= 0.3 is 7.32 Å². The van der Waals surface area contributed by atoms with Gasteiger partial charge in [0.2, 0.25) is 0 Å². The van der Waals surface area contributed by atoms with Gasteiger partial charge in [-0.05, 0) is 27.6 Å². The van der Waals surface area contributed by atoms with Crippen LogP contribution in [0.2, 0.25) is 0 Å². The molecule has 3 nitrogen and oxygen atoms in total. The predicted molar refractivity (Wildman–Crippen MR) is 81.0 cm³/mol. The van der Waals surface area contributed by atoms with E-state index in [1.165, 1.54) is 10.8 Å². The van der Waals surface area contributed by atoms with Gasteiger partial charge in [0.25, 0.3) is 0 Å². The summed E-state index contributed by atoms with van der Waals surface area (Å²) in [4.78, 5) is 0. The molecule has 20 heavy (non-hydrogen) atoms. The van der Waals surface area contributed by atoms with Crippen LogP contribution in [-0.2, 0) is 0 Å². The molecule has 0 radical (unpaired) electrons. The van der Waals surface area contributed by atoms with Crippen molar-refractivity contribution in [2.75, 3.05) is 0 Å². The third-order valence-electron chi connectivity index (χ3n) is 3.70. The van der Waals surface area contributed by atoms with Crippen LogP contribution in [0.25, 0.3) is 32.3 Å². The normalized spacial score (nSPS) is 11.5. The van der Waals surface area contributed by atoms with Crippen molar-refractivity contribution >= 4 is 39.6 Å². The summed E-state index contributed by atoms with van der Waals surface area (Å²) in [6.45, 7) is 0. The molecule has 0 heterocycles. The Morgan fingerprint density at radius 3 is 2.15 bits per heavy atom. The Morgan fingerprint density at radius 2 is 1.40 bits per heavy atom. The molecule has 2 N–H and O–H groups in total. The van der Waals surface area contributed by atoms with Gasteiger partial charge in [-0.2, -0.15) is 0 Å². The van der Waals surface area contributed by atoms with E-state index in [4.69, 9.17) is 14.7 Å². The van der Waals surface area contributed by atoms with E-state index in [-0.39, 0.29) is 0 Å². The van der Waals surface area contributed by atoms with Crippen molar-refractivity contribution in [2.24, 2.45) is 0 Å². The largest absolute Gasteiger partial charge is 0.707 e. The summed E-state index contributed by atoms with van der Waals surface area (Å²) in [7, 11) is -1.82. The lowest BCUT2D eigenvalue weighted by atomic mass is 9.93. The van der Waals surface area contributed by atoms with Crippen LogP contribution in [0.15, 0.2) is 54.6 Å². The van der Waals surface area contributed by atoms with Gasteiger partial charge in [-0.15, -0.1) is 0 Å². The lowest BCUT2D eigenvalue weighted by Crippen LogP contribution is -2.20. The van der Waals surface area contributed by atoms with Crippen LogP contribution in [0.1, 0.15) is 0 Å². The van der Waals surface area contributed by atoms with Gasteiger partial charge in [0.1, 0.15) is 5.75 Å². The lowest BCUT2D eigenvalue weighted by Gasteiger charge is -2.15. The first-order chi connectivity index (χ1) is 9.74. The highest BCUT2D eigenvalue weighted by molar-refractivity contribution is 6.35. The standard InChI is InChI=1S/C16H11BO3/c18-17(19)20-14-9-12-5-1-3-10-7-8-11-4-2-6-13(14)16(11)15(10)12/h1-9,18-19H. The maximum absolute atomic E-state index is 9.09. The minimum Gasteiger partial charge on any atom is -0.511 e. The SMILES string of the molecule is OB(O)Oc1cc2cccc3ccc4cccc1c4c32. The number of hydrogen-bond donors (Lipinski definition) is 2. The molecule has 0 aliphatic carbocycles. The highest BCUT2D eigenvalue weighted by atomic mass is 16.6. The van der Waals surface area contributed by atoms with Crippen molar-refractivity contribution < 1.29 is 14.7 Å². The molecule has 0 aliphatic rings. The van der Waals surface area contributed by atoms with E-state index < -0.39 is 7.32 Å². The molecule has 0 spiro atoms. The molecule has 4 rings (SSSR count). The Kier molecular flexibility index (Phi) is 2.36. The molecule has 0 unspecified atom stereocenters. The van der Waals surface area contributed by atoms with Gasteiger partial charge < -0.3 is 14.7 Å². The minimum absolute atomic E-state index is 0.483. The summed E-state index contributed by atoms with van der Waals surface area (Å²) < 4.78 is 5.14. The summed E-state index contributed by atoms with van der Waals surface area (Å²) in [6.07, 6.45) is 0. The Bertz CT molecular complexity index is 917. The summed E-state index contributed by atoms with van der Waals surface area (Å²) in [5.74, 6) is 0.483. The van der Waals surface area contributed by atoms with Crippen molar-refractivity contribution in [1.82, 2.24) is 0 Å². The third kappa shape index (κ3) is 1.56. The van der Waals surface area contributed by atoms with Crippen LogP contribution in [0.3, 0.4) is 0 Å². The van der Waals surface area contributed by atoms with Crippen LogP contribution in [-0.4, -0.2) is 17.4 Å². The first-order valence-corrected chi connectivity index (χ1v) is 6.43. The van der Waals surface area contributed by atoms with E-state index >= 15 is 0 Å². The average molecular weight is 262 g/mol. The van der Waals surface area contributed by atoms with Crippen molar-refractivity contribution in [3.05, 3.63) is 54.6 Å². The fourth-order valence-electron chi connectivity index (χ4n) is 2.94. The molecule has 0 bridgehead atoms. The van der Waals surface area contributed by atoms with Crippen LogP contribution in [0.5, 0.6) is 5.75 Å². The van der Waals surface area contributed by atoms with E-state index in [9.17, 15) is 0 Å². The van der Waals surface area contributed by atoms with E-state index in [1.807, 2.05) is 36.4 Å². The third-order valence-corrected chi connectivity index (χ3v) is 3.70. The van der Waals surface area contributed by atoms with Gasteiger partial charge in [-0.25, -0.2) is 0 Å². The summed E-state index contributed by atoms with van der Waals surface area (Å²) in [5, 5.41) is 24.7. The number of hydrogen-bond acceptors (Lipinski definition) is 3. The molecule has 0 aromatic heterocycles. The van der Waals surface area contributed by atoms with Crippen molar-refractivity contribution in [3.63, 3.8) is 0 Å². The maximum Gasteiger partial charge on any atom is 0.707 e. The zero-order valence-corrected chi connectivity index (χ0v) is 10.6. The van der Waals surface area contributed by atoms with Gasteiger partial charge in [-0.1, -0.05) is 48.5 Å². The fraction of sp³-hybridized carbons (Fsp3) is 0. The molecule has 4 aromatic rings. The lowest BCUT2D eigenvalue weighted by molar-refractivity contribution is 0.290. The minimum atomic E-state index is -1.82. The predicted octanol–water partition coefficient (Wildman–Crippen LogP) is 2.93. The molecule has 4 aromatic carbocycles. The summed E-state index contributed by atoms with van der Waals surface area (Å²) in [5.41, 5.74) is 0. The Labute approximate surface area is 115 Å². The number of rotatable bonds is 2. The monoisotopic (exact) mass is 262 g/mol. The Balaban J connectivity index is 2.24. The fourth-order valence-corrected chi connectivity index (χ4v) is 2.94. The molecule has 0 atom stereocenters. The van der Waals surface area contributed by atoms with Gasteiger partial charge in [0, 0.05) is 10.8 Å². The van der Waals surface area contributed by atoms with Crippen molar-refractivity contribution in [3.8, 4) is 5.75 Å². The summed E-state index contributed by atoms with van der Waals surface area (Å²) >= 11 is 0. The highest BCUT2D eigenvalue weighted by Crippen LogP contribution is 2.39. The molecule has 0 saturated carbocycles. The zero-order valence-electron chi connectivity index (χ0n) is 10.6. The molecule has 0 fully saturated rings. The van der Waals surface area contributed by atoms with E-state index in [2.05, 4.69) is 18.2 Å². The van der Waals surface area contributed by atoms with Crippen LogP contribution in [0, 0.1) is 0 Å². The van der Waals surface area contributed by atoms with Crippen molar-refractivity contribution in [1.29, 1.82) is 0 Å². The maximum atomic E-state index is 9.09. The quantitative estimate of drug-likeness (QED) is 0.431. The molecule has 4 heteroatoms. The van der Waals surface area contributed by atoms with Crippen molar-refractivity contribution in [2.45, 2.75) is 0 Å². The Morgan fingerprint density at radius 1 is 0.750 bits per heavy atom.